The fraction of sp³-hybridized carbons (Fsp3) is 0.227. The number of Topliss-reactive ketones (excluding diaryl/α,β-unsaturated/α-hetero) is 1. The summed E-state index contributed by atoms with van der Waals surface area (Å²) in [5.74, 6) is 0.557. The third-order valence-corrected chi connectivity index (χ3v) is 4.45. The van der Waals surface area contributed by atoms with Crippen molar-refractivity contribution in [3.8, 4) is 5.75 Å². The minimum absolute atomic E-state index is 0.0505. The summed E-state index contributed by atoms with van der Waals surface area (Å²) in [6.07, 6.45) is 4.47. The average molecular weight is 351 g/mol. The molecule has 26 heavy (non-hydrogen) atoms. The molecular formula is C22H22FNO2. The van der Waals surface area contributed by atoms with Gasteiger partial charge in [-0.05, 0) is 61.0 Å². The van der Waals surface area contributed by atoms with Crippen molar-refractivity contribution in [2.45, 2.75) is 6.42 Å². The van der Waals surface area contributed by atoms with Gasteiger partial charge in [-0.15, -0.1) is 0 Å². The molecule has 0 aromatic heterocycles. The second kappa shape index (κ2) is 8.11. The van der Waals surface area contributed by atoms with E-state index in [-0.39, 0.29) is 11.6 Å². The fourth-order valence-electron chi connectivity index (χ4n) is 2.98. The van der Waals surface area contributed by atoms with Gasteiger partial charge in [-0.2, -0.15) is 0 Å². The van der Waals surface area contributed by atoms with E-state index in [9.17, 15) is 9.18 Å². The Morgan fingerprint density at radius 2 is 1.54 bits per heavy atom. The van der Waals surface area contributed by atoms with Gasteiger partial charge in [-0.1, -0.05) is 24.3 Å². The number of benzene rings is 2. The maximum absolute atomic E-state index is 13.1. The standard InChI is InChI=1S/C22H22FNO2/c1-24-12-11-18(13-16-3-7-20(23)8-4-16)22(25)19(15-24)14-17-5-9-21(26-2)10-6-17/h3-10,13-14H,11-12,15H2,1-2H3/b18-13+,19-14+. The lowest BCUT2D eigenvalue weighted by Gasteiger charge is -2.12. The smallest absolute Gasteiger partial charge is 0.186 e. The molecule has 0 spiro atoms. The molecule has 0 N–H and O–H groups in total. The summed E-state index contributed by atoms with van der Waals surface area (Å²) in [4.78, 5) is 15.2. The first-order chi connectivity index (χ1) is 12.5. The van der Waals surface area contributed by atoms with Gasteiger partial charge in [-0.25, -0.2) is 4.39 Å². The molecule has 1 aliphatic heterocycles. The normalized spacial score (nSPS) is 19.0. The van der Waals surface area contributed by atoms with Gasteiger partial charge in [0.1, 0.15) is 11.6 Å². The second-order valence-electron chi connectivity index (χ2n) is 6.48. The number of ketones is 1. The van der Waals surface area contributed by atoms with Crippen molar-refractivity contribution in [1.29, 1.82) is 0 Å². The third-order valence-electron chi connectivity index (χ3n) is 4.45. The van der Waals surface area contributed by atoms with Gasteiger partial charge < -0.3 is 9.64 Å². The maximum atomic E-state index is 13.1. The van der Waals surface area contributed by atoms with Crippen LogP contribution in [0, 0.1) is 5.82 Å². The molecule has 134 valence electrons. The molecule has 0 atom stereocenters. The maximum Gasteiger partial charge on any atom is 0.186 e. The highest BCUT2D eigenvalue weighted by atomic mass is 19.1. The van der Waals surface area contributed by atoms with Crippen LogP contribution in [0.25, 0.3) is 12.2 Å². The van der Waals surface area contributed by atoms with Crippen LogP contribution in [0.15, 0.2) is 59.7 Å². The van der Waals surface area contributed by atoms with E-state index in [1.807, 2.05) is 43.5 Å². The summed E-state index contributed by atoms with van der Waals surface area (Å²) >= 11 is 0. The molecule has 4 heteroatoms. The molecule has 1 heterocycles. The summed E-state index contributed by atoms with van der Waals surface area (Å²) < 4.78 is 18.3. The number of nitrogens with zero attached hydrogens (tertiary/aromatic N) is 1. The van der Waals surface area contributed by atoms with Gasteiger partial charge in [0, 0.05) is 24.2 Å². The molecule has 0 amide bonds. The largest absolute Gasteiger partial charge is 0.497 e. The Hall–Kier alpha value is -2.72. The minimum atomic E-state index is -0.279. The van der Waals surface area contributed by atoms with Crippen molar-refractivity contribution < 1.29 is 13.9 Å². The number of carbonyl (C=O) groups excluding carboxylic acids is 1. The zero-order chi connectivity index (χ0) is 18.5. The van der Waals surface area contributed by atoms with E-state index in [0.29, 0.717) is 13.0 Å². The predicted octanol–water partition coefficient (Wildman–Crippen LogP) is 4.21. The monoisotopic (exact) mass is 351 g/mol. The van der Waals surface area contributed by atoms with Crippen LogP contribution in [0.1, 0.15) is 17.5 Å². The van der Waals surface area contributed by atoms with Gasteiger partial charge in [0.2, 0.25) is 0 Å². The lowest BCUT2D eigenvalue weighted by atomic mass is 9.98. The van der Waals surface area contributed by atoms with Crippen molar-refractivity contribution in [1.82, 2.24) is 4.90 Å². The second-order valence-corrected chi connectivity index (χ2v) is 6.48. The van der Waals surface area contributed by atoms with Gasteiger partial charge in [-0.3, -0.25) is 4.79 Å². The third kappa shape index (κ3) is 4.46. The molecule has 1 saturated heterocycles. The van der Waals surface area contributed by atoms with Crippen LogP contribution in [0.4, 0.5) is 4.39 Å². The van der Waals surface area contributed by atoms with E-state index in [4.69, 9.17) is 4.74 Å². The van der Waals surface area contributed by atoms with Crippen LogP contribution < -0.4 is 4.74 Å². The van der Waals surface area contributed by atoms with Crippen molar-refractivity contribution in [3.05, 3.63) is 76.6 Å². The fourth-order valence-corrected chi connectivity index (χ4v) is 2.98. The summed E-state index contributed by atoms with van der Waals surface area (Å²) in [6.45, 7) is 1.41. The molecule has 1 aliphatic rings. The quantitative estimate of drug-likeness (QED) is 0.776. The Morgan fingerprint density at radius 3 is 2.15 bits per heavy atom. The zero-order valence-corrected chi connectivity index (χ0v) is 15.0. The van der Waals surface area contributed by atoms with E-state index in [1.54, 1.807) is 19.2 Å². The van der Waals surface area contributed by atoms with E-state index in [0.717, 1.165) is 34.6 Å². The van der Waals surface area contributed by atoms with E-state index >= 15 is 0 Å². The first-order valence-electron chi connectivity index (χ1n) is 8.59. The Bertz CT molecular complexity index is 835. The molecule has 0 radical (unpaired) electrons. The molecule has 0 saturated carbocycles. The van der Waals surface area contributed by atoms with Crippen molar-refractivity contribution in [2.75, 3.05) is 27.2 Å². The van der Waals surface area contributed by atoms with E-state index < -0.39 is 0 Å². The van der Waals surface area contributed by atoms with Gasteiger partial charge >= 0.3 is 0 Å². The van der Waals surface area contributed by atoms with Crippen LogP contribution >= 0.6 is 0 Å². The van der Waals surface area contributed by atoms with E-state index in [2.05, 4.69) is 4.90 Å². The number of halogens is 1. The molecule has 3 rings (SSSR count). The Morgan fingerprint density at radius 1 is 0.962 bits per heavy atom. The molecule has 0 bridgehead atoms. The van der Waals surface area contributed by atoms with Crippen molar-refractivity contribution in [3.63, 3.8) is 0 Å². The van der Waals surface area contributed by atoms with Crippen LogP contribution in [0.2, 0.25) is 0 Å². The van der Waals surface area contributed by atoms with Crippen LogP contribution in [0.3, 0.4) is 0 Å². The number of likely N-dealkylation sites (N-methyl/N-ethyl adjacent to an activating group) is 1. The number of methoxy groups -OCH3 is 1. The van der Waals surface area contributed by atoms with Gasteiger partial charge in [0.15, 0.2) is 5.78 Å². The zero-order valence-electron chi connectivity index (χ0n) is 15.0. The lowest BCUT2D eigenvalue weighted by Crippen LogP contribution is -2.20. The number of carbonyl (C=O) groups is 1. The van der Waals surface area contributed by atoms with Crippen molar-refractivity contribution in [2.24, 2.45) is 0 Å². The average Bonchev–Trinajstić information content (AvgIpc) is 2.78. The topological polar surface area (TPSA) is 29.5 Å². The van der Waals surface area contributed by atoms with Crippen LogP contribution in [0.5, 0.6) is 5.75 Å². The number of hydrogen-bond acceptors (Lipinski definition) is 3. The first kappa shape index (κ1) is 18.1. The highest BCUT2D eigenvalue weighted by Gasteiger charge is 2.21. The number of likely N-dealkylation sites (tertiary alicyclic amines) is 1. The van der Waals surface area contributed by atoms with Crippen molar-refractivity contribution >= 4 is 17.9 Å². The Labute approximate surface area is 153 Å². The SMILES string of the molecule is COc1ccc(/C=C2\CN(C)CC/C(=C\c3ccc(F)cc3)C2=O)cc1. The number of hydrogen-bond donors (Lipinski definition) is 0. The highest BCUT2D eigenvalue weighted by Crippen LogP contribution is 2.22. The van der Waals surface area contributed by atoms with Crippen LogP contribution in [-0.2, 0) is 4.79 Å². The van der Waals surface area contributed by atoms with Crippen LogP contribution in [-0.4, -0.2) is 37.9 Å². The molecule has 3 nitrogen and oxygen atoms in total. The lowest BCUT2D eigenvalue weighted by molar-refractivity contribution is -0.112. The molecule has 0 unspecified atom stereocenters. The summed E-state index contributed by atoms with van der Waals surface area (Å²) in [5.41, 5.74) is 3.30. The Balaban J connectivity index is 1.92. The molecule has 0 aliphatic carbocycles. The molecule has 1 fully saturated rings. The minimum Gasteiger partial charge on any atom is -0.497 e. The summed E-state index contributed by atoms with van der Waals surface area (Å²) in [6, 6.07) is 13.8. The van der Waals surface area contributed by atoms with Gasteiger partial charge in [0.05, 0.1) is 7.11 Å². The first-order valence-corrected chi connectivity index (χ1v) is 8.59. The summed E-state index contributed by atoms with van der Waals surface area (Å²) in [7, 11) is 3.64. The molecule has 2 aromatic carbocycles. The number of ether oxygens (including phenoxy) is 1. The molecule has 2 aromatic rings. The number of rotatable bonds is 3. The highest BCUT2D eigenvalue weighted by molar-refractivity contribution is 6.13. The predicted molar refractivity (Wildman–Crippen MR) is 102 cm³/mol. The van der Waals surface area contributed by atoms with Gasteiger partial charge in [0.25, 0.3) is 0 Å². The summed E-state index contributed by atoms with van der Waals surface area (Å²) in [5, 5.41) is 0. The Kier molecular flexibility index (Phi) is 5.64. The van der Waals surface area contributed by atoms with E-state index in [1.165, 1.54) is 12.1 Å². The molecular weight excluding hydrogens is 329 g/mol.